The molecule has 1 unspecified atom stereocenters. The largest absolute Gasteiger partial charge is 0.508 e. The maximum Gasteiger partial charge on any atom is 0.235 e. The fourth-order valence-electron chi connectivity index (χ4n) is 4.37. The first-order valence-electron chi connectivity index (χ1n) is 12.1. The summed E-state index contributed by atoms with van der Waals surface area (Å²) < 4.78 is 11.1. The summed E-state index contributed by atoms with van der Waals surface area (Å²) >= 11 is 0. The highest BCUT2D eigenvalue weighted by molar-refractivity contribution is 6.02. The lowest BCUT2D eigenvalue weighted by molar-refractivity contribution is 0.0845. The van der Waals surface area contributed by atoms with Crippen molar-refractivity contribution in [1.29, 1.82) is 0 Å². The first-order valence-corrected chi connectivity index (χ1v) is 12.1. The third kappa shape index (κ3) is 5.23. The van der Waals surface area contributed by atoms with Crippen LogP contribution in [0.2, 0.25) is 0 Å². The molecule has 11 nitrogen and oxygen atoms in total. The highest BCUT2D eigenvalue weighted by atomic mass is 16.5. The molecule has 6 rings (SSSR count). The highest BCUT2D eigenvalue weighted by Gasteiger charge is 2.30. The van der Waals surface area contributed by atoms with E-state index in [1.54, 1.807) is 12.1 Å². The van der Waals surface area contributed by atoms with Crippen molar-refractivity contribution in [3.63, 3.8) is 0 Å². The predicted octanol–water partition coefficient (Wildman–Crippen LogP) is 4.79. The minimum atomic E-state index is -0.727. The van der Waals surface area contributed by atoms with E-state index in [2.05, 4.69) is 0 Å². The molecule has 208 valence electrons. The molecule has 0 amide bonds. The number of fused-ring (bicyclic) bond motifs is 2. The van der Waals surface area contributed by atoms with Crippen LogP contribution in [0.5, 0.6) is 46.0 Å². The molecular weight excluding hydrogens is 536 g/mol. The van der Waals surface area contributed by atoms with Crippen LogP contribution in [0, 0.1) is 0 Å². The van der Waals surface area contributed by atoms with Gasteiger partial charge in [-0.3, -0.25) is 9.59 Å². The van der Waals surface area contributed by atoms with Gasteiger partial charge in [-0.05, 0) is 48.0 Å². The fraction of sp³-hybridized carbons (Fsp3) is 0.0667. The van der Waals surface area contributed by atoms with Gasteiger partial charge in [-0.1, -0.05) is 12.1 Å². The number of phenols is 6. The molecule has 0 fully saturated rings. The second-order valence-corrected chi connectivity index (χ2v) is 9.15. The van der Waals surface area contributed by atoms with E-state index in [4.69, 9.17) is 9.15 Å². The van der Waals surface area contributed by atoms with Gasteiger partial charge in [0.2, 0.25) is 11.2 Å². The zero-order valence-electron chi connectivity index (χ0n) is 21.0. The Kier molecular flexibility index (Phi) is 6.77. The van der Waals surface area contributed by atoms with Crippen LogP contribution in [0.25, 0.3) is 22.3 Å². The minimum absolute atomic E-state index is 0.0227. The first kappa shape index (κ1) is 26.8. The molecule has 0 bridgehead atoms. The average molecular weight is 558 g/mol. The number of rotatable bonds is 2. The predicted molar refractivity (Wildman–Crippen MR) is 145 cm³/mol. The molecule has 1 atom stereocenters. The van der Waals surface area contributed by atoms with Crippen LogP contribution < -0.4 is 10.2 Å². The Hall–Kier alpha value is -5.84. The molecule has 0 saturated carbocycles. The number of Topliss-reactive ketones (excluding diaryl/α,β-unsaturated/α-hetero) is 1. The van der Waals surface area contributed by atoms with Crippen LogP contribution in [0.15, 0.2) is 82.0 Å². The highest BCUT2D eigenvalue weighted by Crippen LogP contribution is 2.42. The van der Waals surface area contributed by atoms with Crippen molar-refractivity contribution in [2.24, 2.45) is 0 Å². The van der Waals surface area contributed by atoms with Crippen LogP contribution >= 0.6 is 0 Å². The maximum atomic E-state index is 12.1. The molecule has 2 heterocycles. The smallest absolute Gasteiger partial charge is 0.235 e. The fourth-order valence-corrected chi connectivity index (χ4v) is 4.37. The number of aromatic hydroxyl groups is 7. The quantitative estimate of drug-likeness (QED) is 0.157. The number of carbonyl (C=O) groups excluding carboxylic acids is 1. The molecule has 0 spiro atoms. The second-order valence-electron chi connectivity index (χ2n) is 9.15. The Labute approximate surface area is 230 Å². The van der Waals surface area contributed by atoms with E-state index in [1.165, 1.54) is 48.5 Å². The van der Waals surface area contributed by atoms with Crippen molar-refractivity contribution in [1.82, 2.24) is 0 Å². The number of carbonyl (C=O) groups is 1. The maximum absolute atomic E-state index is 12.1. The summed E-state index contributed by atoms with van der Waals surface area (Å²) in [6.45, 7) is 0. The molecule has 5 aromatic rings. The van der Waals surface area contributed by atoms with Gasteiger partial charge in [0.1, 0.15) is 57.5 Å². The third-order valence-electron chi connectivity index (χ3n) is 6.33. The number of hydrogen-bond donors (Lipinski definition) is 7. The summed E-state index contributed by atoms with van der Waals surface area (Å²) in [5.41, 5.74) is 0.326. The van der Waals surface area contributed by atoms with Gasteiger partial charge in [0.25, 0.3) is 0 Å². The summed E-state index contributed by atoms with van der Waals surface area (Å²) in [5, 5.41) is 66.9. The molecule has 0 aliphatic carbocycles. The number of ether oxygens (including phenoxy) is 1. The lowest BCUT2D eigenvalue weighted by Crippen LogP contribution is -2.20. The third-order valence-corrected chi connectivity index (χ3v) is 6.33. The Bertz CT molecular complexity index is 1860. The number of benzene rings is 4. The van der Waals surface area contributed by atoms with Gasteiger partial charge in [-0.25, -0.2) is 0 Å². The first-order chi connectivity index (χ1) is 19.5. The zero-order valence-corrected chi connectivity index (χ0v) is 21.0. The van der Waals surface area contributed by atoms with Gasteiger partial charge in [-0.15, -0.1) is 0 Å². The molecule has 4 aromatic carbocycles. The van der Waals surface area contributed by atoms with Crippen molar-refractivity contribution in [2.45, 2.75) is 12.5 Å². The molecule has 11 heteroatoms. The average Bonchev–Trinajstić information content (AvgIpc) is 2.91. The van der Waals surface area contributed by atoms with Crippen molar-refractivity contribution in [3.8, 4) is 57.3 Å². The van der Waals surface area contributed by atoms with Crippen molar-refractivity contribution in [3.05, 3.63) is 94.1 Å². The van der Waals surface area contributed by atoms with Crippen LogP contribution in [0.3, 0.4) is 0 Å². The van der Waals surface area contributed by atoms with Gasteiger partial charge < -0.3 is 44.9 Å². The van der Waals surface area contributed by atoms with Gasteiger partial charge in [0.05, 0.1) is 17.4 Å². The second kappa shape index (κ2) is 10.4. The Morgan fingerprint density at radius 1 is 0.659 bits per heavy atom. The normalized spacial score (nSPS) is 14.0. The number of phenolic OH excluding ortho intramolecular Hbond substituents is 6. The summed E-state index contributed by atoms with van der Waals surface area (Å²) in [6, 6.07) is 16.3. The van der Waals surface area contributed by atoms with Crippen molar-refractivity contribution >= 4 is 16.8 Å². The van der Waals surface area contributed by atoms with E-state index in [0.717, 1.165) is 17.7 Å². The van der Waals surface area contributed by atoms with Crippen molar-refractivity contribution < 1.29 is 49.7 Å². The zero-order chi connectivity index (χ0) is 29.4. The van der Waals surface area contributed by atoms with Gasteiger partial charge >= 0.3 is 0 Å². The molecule has 7 N–H and O–H groups in total. The van der Waals surface area contributed by atoms with E-state index >= 15 is 0 Å². The van der Waals surface area contributed by atoms with Gasteiger partial charge in [-0.2, -0.15) is 0 Å². The summed E-state index contributed by atoms with van der Waals surface area (Å²) in [6.07, 6.45) is -0.410. The molecule has 0 radical (unpaired) electrons. The van der Waals surface area contributed by atoms with Crippen LogP contribution in [0.1, 0.15) is 28.4 Å². The standard InChI is InChI=1S/C15H10O6.C15H12O5/c16-7-2-4-12-10(5-7)13(19)14(20)15(21-12)9-3-1-8(17)6-11(9)18;16-9-3-1-8(2-4-9)13-7-12(19)15-11(18)5-10(17)6-14(15)20-13/h1-6,16-18,20H;1-6,13,16-18H,7H2. The topological polar surface area (TPSA) is 198 Å². The lowest BCUT2D eigenvalue weighted by atomic mass is 9.95. The SMILES string of the molecule is O=C1CC(c2ccc(O)cc2)Oc2cc(O)cc(O)c21.O=c1c(O)c(-c2ccc(O)cc2O)oc2ccc(O)cc12. The summed E-state index contributed by atoms with van der Waals surface area (Å²) in [5.74, 6) is -1.94. The van der Waals surface area contributed by atoms with E-state index < -0.39 is 17.3 Å². The van der Waals surface area contributed by atoms with Crippen LogP contribution in [-0.4, -0.2) is 41.5 Å². The van der Waals surface area contributed by atoms with E-state index in [1.807, 2.05) is 0 Å². The van der Waals surface area contributed by atoms with Crippen LogP contribution in [0.4, 0.5) is 0 Å². The molecule has 1 aliphatic heterocycles. The van der Waals surface area contributed by atoms with Crippen LogP contribution in [-0.2, 0) is 0 Å². The number of ketones is 1. The summed E-state index contributed by atoms with van der Waals surface area (Å²) in [4.78, 5) is 24.2. The van der Waals surface area contributed by atoms with E-state index in [9.17, 15) is 45.3 Å². The lowest BCUT2D eigenvalue weighted by Gasteiger charge is -2.26. The molecule has 0 saturated heterocycles. The van der Waals surface area contributed by atoms with Gasteiger partial charge in [0, 0.05) is 18.2 Å². The molecule has 41 heavy (non-hydrogen) atoms. The minimum Gasteiger partial charge on any atom is -0.508 e. The Morgan fingerprint density at radius 3 is 2.00 bits per heavy atom. The Balaban J connectivity index is 0.000000165. The molecule has 1 aromatic heterocycles. The van der Waals surface area contributed by atoms with E-state index in [-0.39, 0.29) is 80.3 Å². The molecule has 1 aliphatic rings. The van der Waals surface area contributed by atoms with E-state index in [0.29, 0.717) is 0 Å². The molecular formula is C30H22O11. The van der Waals surface area contributed by atoms with Gasteiger partial charge in [0.15, 0.2) is 11.5 Å². The Morgan fingerprint density at radius 2 is 1.29 bits per heavy atom. The number of hydrogen-bond acceptors (Lipinski definition) is 11. The van der Waals surface area contributed by atoms with Crippen molar-refractivity contribution in [2.75, 3.05) is 0 Å². The monoisotopic (exact) mass is 558 g/mol. The summed E-state index contributed by atoms with van der Waals surface area (Å²) in [7, 11) is 0.